The molecule has 21 heavy (non-hydrogen) atoms. The maximum absolute atomic E-state index is 12.8. The van der Waals surface area contributed by atoms with E-state index >= 15 is 0 Å². The molecule has 1 aromatic heterocycles. The minimum atomic E-state index is -0.0338. The van der Waals surface area contributed by atoms with Crippen molar-refractivity contribution in [3.05, 3.63) is 69.3 Å². The van der Waals surface area contributed by atoms with Gasteiger partial charge in [-0.1, -0.05) is 29.3 Å². The molecule has 0 unspecified atom stereocenters. The van der Waals surface area contributed by atoms with Crippen LogP contribution >= 0.6 is 23.2 Å². The van der Waals surface area contributed by atoms with E-state index in [2.05, 4.69) is 0 Å². The van der Waals surface area contributed by atoms with Crippen molar-refractivity contribution in [2.75, 3.05) is 0 Å². The first-order valence-corrected chi connectivity index (χ1v) is 7.28. The minimum absolute atomic E-state index is 0.0338. The Hall–Kier alpha value is -1.77. The molecule has 0 fully saturated rings. The van der Waals surface area contributed by atoms with Gasteiger partial charge in [-0.2, -0.15) is 0 Å². The summed E-state index contributed by atoms with van der Waals surface area (Å²) in [5, 5.41) is 2.12. The second kappa shape index (κ2) is 5.21. The van der Waals surface area contributed by atoms with Gasteiger partial charge in [-0.15, -0.1) is 0 Å². The molecule has 0 aliphatic rings. The fraction of sp³-hybridized carbons (Fsp3) is 0.118. The Morgan fingerprint density at radius 3 is 2.52 bits per heavy atom. The lowest BCUT2D eigenvalue weighted by molar-refractivity contribution is 0.104. The number of halogens is 2. The molecule has 1 heterocycles. The Morgan fingerprint density at radius 1 is 1.05 bits per heavy atom. The molecule has 0 radical (unpaired) electrons. The molecule has 0 bridgehead atoms. The van der Waals surface area contributed by atoms with Gasteiger partial charge in [-0.3, -0.25) is 4.79 Å². The molecule has 3 aromatic rings. The first-order valence-electron chi connectivity index (χ1n) is 6.52. The van der Waals surface area contributed by atoms with E-state index in [0.717, 1.165) is 16.5 Å². The second-order valence-electron chi connectivity index (χ2n) is 5.16. The molecule has 106 valence electrons. The van der Waals surface area contributed by atoms with Crippen molar-refractivity contribution in [2.45, 2.75) is 6.92 Å². The van der Waals surface area contributed by atoms with Crippen molar-refractivity contribution < 1.29 is 4.79 Å². The molecule has 0 atom stereocenters. The van der Waals surface area contributed by atoms with Crippen LogP contribution in [-0.4, -0.2) is 10.4 Å². The lowest BCUT2D eigenvalue weighted by Gasteiger charge is -2.03. The van der Waals surface area contributed by atoms with E-state index in [9.17, 15) is 4.79 Å². The van der Waals surface area contributed by atoms with Crippen LogP contribution in [0.25, 0.3) is 10.9 Å². The number of rotatable bonds is 2. The van der Waals surface area contributed by atoms with Gasteiger partial charge in [0.05, 0.1) is 0 Å². The maximum atomic E-state index is 12.8. The number of fused-ring (bicyclic) bond motifs is 1. The molecular formula is C17H13Cl2NO. The van der Waals surface area contributed by atoms with E-state index < -0.39 is 0 Å². The molecule has 4 heteroatoms. The summed E-state index contributed by atoms with van der Waals surface area (Å²) in [5.41, 5.74) is 3.16. The topological polar surface area (TPSA) is 22.0 Å². The first kappa shape index (κ1) is 14.2. The SMILES string of the molecule is Cc1cc(Cl)cc(C(=O)c2cn(C)c3cc(Cl)ccc23)c1. The highest BCUT2D eigenvalue weighted by Gasteiger charge is 2.16. The van der Waals surface area contributed by atoms with Crippen molar-refractivity contribution in [1.29, 1.82) is 0 Å². The van der Waals surface area contributed by atoms with Gasteiger partial charge in [-0.25, -0.2) is 0 Å². The molecule has 2 nitrogen and oxygen atoms in total. The van der Waals surface area contributed by atoms with Crippen LogP contribution < -0.4 is 0 Å². The van der Waals surface area contributed by atoms with Gasteiger partial charge in [0.2, 0.25) is 0 Å². The summed E-state index contributed by atoms with van der Waals surface area (Å²) in [4.78, 5) is 12.8. The van der Waals surface area contributed by atoms with Gasteiger partial charge in [0.1, 0.15) is 0 Å². The van der Waals surface area contributed by atoms with Crippen LogP contribution in [0.15, 0.2) is 42.6 Å². The molecule has 0 aliphatic heterocycles. The van der Waals surface area contributed by atoms with Gasteiger partial charge in [0.15, 0.2) is 5.78 Å². The van der Waals surface area contributed by atoms with Crippen molar-refractivity contribution >= 4 is 39.9 Å². The molecule has 0 saturated carbocycles. The van der Waals surface area contributed by atoms with E-state index in [4.69, 9.17) is 23.2 Å². The van der Waals surface area contributed by atoms with Crippen molar-refractivity contribution in [3.8, 4) is 0 Å². The van der Waals surface area contributed by atoms with Crippen LogP contribution in [0.5, 0.6) is 0 Å². The van der Waals surface area contributed by atoms with E-state index in [0.29, 0.717) is 21.2 Å². The number of hydrogen-bond acceptors (Lipinski definition) is 1. The Balaban J connectivity index is 2.18. The predicted molar refractivity (Wildman–Crippen MR) is 87.6 cm³/mol. The molecule has 3 rings (SSSR count). The highest BCUT2D eigenvalue weighted by atomic mass is 35.5. The van der Waals surface area contributed by atoms with Crippen LogP contribution in [0.1, 0.15) is 21.5 Å². The number of aryl methyl sites for hydroxylation is 2. The normalized spacial score (nSPS) is 11.0. The highest BCUT2D eigenvalue weighted by molar-refractivity contribution is 6.32. The van der Waals surface area contributed by atoms with E-state index in [1.54, 1.807) is 12.1 Å². The zero-order valence-electron chi connectivity index (χ0n) is 11.7. The van der Waals surface area contributed by atoms with Gasteiger partial charge >= 0.3 is 0 Å². The molecule has 0 N–H and O–H groups in total. The smallest absolute Gasteiger partial charge is 0.195 e. The van der Waals surface area contributed by atoms with Crippen molar-refractivity contribution in [2.24, 2.45) is 7.05 Å². The van der Waals surface area contributed by atoms with Crippen LogP contribution in [0.2, 0.25) is 10.0 Å². The van der Waals surface area contributed by atoms with E-state index in [-0.39, 0.29) is 5.78 Å². The number of hydrogen-bond donors (Lipinski definition) is 0. The van der Waals surface area contributed by atoms with Crippen LogP contribution in [0, 0.1) is 6.92 Å². The third-order valence-electron chi connectivity index (χ3n) is 3.50. The van der Waals surface area contributed by atoms with Crippen molar-refractivity contribution in [1.82, 2.24) is 4.57 Å². The fourth-order valence-corrected chi connectivity index (χ4v) is 3.02. The number of carbonyl (C=O) groups is 1. The largest absolute Gasteiger partial charge is 0.350 e. The van der Waals surface area contributed by atoms with Gasteiger partial charge < -0.3 is 4.57 Å². The maximum Gasteiger partial charge on any atom is 0.195 e. The molecule has 0 saturated heterocycles. The zero-order valence-corrected chi connectivity index (χ0v) is 13.2. The second-order valence-corrected chi connectivity index (χ2v) is 6.03. The third kappa shape index (κ3) is 2.57. The monoisotopic (exact) mass is 317 g/mol. The Morgan fingerprint density at radius 2 is 1.81 bits per heavy atom. The summed E-state index contributed by atoms with van der Waals surface area (Å²) in [6.45, 7) is 1.92. The molecule has 2 aromatic carbocycles. The Bertz CT molecular complexity index is 844. The summed E-state index contributed by atoms with van der Waals surface area (Å²) < 4.78 is 1.91. The van der Waals surface area contributed by atoms with E-state index in [1.807, 2.05) is 49.0 Å². The summed E-state index contributed by atoms with van der Waals surface area (Å²) in [6.07, 6.45) is 1.83. The summed E-state index contributed by atoms with van der Waals surface area (Å²) in [7, 11) is 1.90. The average Bonchev–Trinajstić information content (AvgIpc) is 2.74. The van der Waals surface area contributed by atoms with Gasteiger partial charge in [0, 0.05) is 45.3 Å². The molecule has 0 spiro atoms. The molecule has 0 amide bonds. The van der Waals surface area contributed by atoms with Crippen molar-refractivity contribution in [3.63, 3.8) is 0 Å². The Labute approximate surface area is 132 Å². The summed E-state index contributed by atoms with van der Waals surface area (Å²) >= 11 is 12.1. The predicted octanol–water partition coefficient (Wildman–Crippen LogP) is 5.02. The van der Waals surface area contributed by atoms with Gasteiger partial charge in [0.25, 0.3) is 0 Å². The first-order chi connectivity index (χ1) is 9.95. The van der Waals surface area contributed by atoms with Crippen LogP contribution in [0.3, 0.4) is 0 Å². The fourth-order valence-electron chi connectivity index (χ4n) is 2.56. The quantitative estimate of drug-likeness (QED) is 0.608. The number of aromatic nitrogens is 1. The van der Waals surface area contributed by atoms with E-state index in [1.165, 1.54) is 0 Å². The average molecular weight is 318 g/mol. The number of carbonyl (C=O) groups excluding carboxylic acids is 1. The minimum Gasteiger partial charge on any atom is -0.350 e. The Kier molecular flexibility index (Phi) is 3.52. The number of benzene rings is 2. The summed E-state index contributed by atoms with van der Waals surface area (Å²) in [5.74, 6) is -0.0338. The van der Waals surface area contributed by atoms with Crippen LogP contribution in [0.4, 0.5) is 0 Å². The standard InChI is InChI=1S/C17H13Cl2NO/c1-10-5-11(7-13(19)6-10)17(21)15-9-20(2)16-8-12(18)3-4-14(15)16/h3-9H,1-2H3. The number of nitrogens with zero attached hydrogens (tertiary/aromatic N) is 1. The van der Waals surface area contributed by atoms with Gasteiger partial charge in [-0.05, 0) is 42.8 Å². The highest BCUT2D eigenvalue weighted by Crippen LogP contribution is 2.27. The number of ketones is 1. The lowest BCUT2D eigenvalue weighted by Crippen LogP contribution is -2.01. The third-order valence-corrected chi connectivity index (χ3v) is 3.95. The van der Waals surface area contributed by atoms with Crippen LogP contribution in [-0.2, 0) is 7.05 Å². The molecule has 0 aliphatic carbocycles. The molecular weight excluding hydrogens is 305 g/mol. The zero-order chi connectivity index (χ0) is 15.1. The summed E-state index contributed by atoms with van der Waals surface area (Å²) in [6, 6.07) is 10.9. The lowest BCUT2D eigenvalue weighted by atomic mass is 10.0.